The van der Waals surface area contributed by atoms with Crippen LogP contribution in [0.15, 0.2) is 48.5 Å². The van der Waals surface area contributed by atoms with E-state index in [1.807, 2.05) is 18.2 Å². The minimum absolute atomic E-state index is 0.0482. The van der Waals surface area contributed by atoms with Gasteiger partial charge in [0, 0.05) is 36.4 Å². The molecule has 9 nitrogen and oxygen atoms in total. The van der Waals surface area contributed by atoms with Crippen molar-refractivity contribution in [3.05, 3.63) is 64.2 Å². The zero-order valence-corrected chi connectivity index (χ0v) is 16.0. The standard InChI is InChI=1S/C20H22N4O5/c1-29-18-8-7-14(13-17(18)24(27)28)19(25)23-11-9-16(10-12-23)22-20(26)21-15-5-3-2-4-6-15/h2-8,13,16H,9-12H2,1H3,(H2,21,22,26). The number of carbonyl (C=O) groups is 2. The Bertz CT molecular complexity index is 895. The molecule has 2 aromatic carbocycles. The maximum absolute atomic E-state index is 12.7. The highest BCUT2D eigenvalue weighted by Gasteiger charge is 2.26. The molecule has 0 radical (unpaired) electrons. The average molecular weight is 398 g/mol. The lowest BCUT2D eigenvalue weighted by molar-refractivity contribution is -0.385. The number of methoxy groups -OCH3 is 1. The molecule has 0 spiro atoms. The fourth-order valence-electron chi connectivity index (χ4n) is 3.25. The van der Waals surface area contributed by atoms with Gasteiger partial charge in [0.2, 0.25) is 0 Å². The lowest BCUT2D eigenvalue weighted by Crippen LogP contribution is -2.47. The molecule has 3 rings (SSSR count). The highest BCUT2D eigenvalue weighted by atomic mass is 16.6. The van der Waals surface area contributed by atoms with Gasteiger partial charge in [-0.05, 0) is 37.1 Å². The summed E-state index contributed by atoms with van der Waals surface area (Å²) in [6, 6.07) is 13.0. The van der Waals surface area contributed by atoms with Crippen molar-refractivity contribution >= 4 is 23.3 Å². The number of nitro benzene ring substituents is 1. The van der Waals surface area contributed by atoms with Gasteiger partial charge in [-0.25, -0.2) is 4.79 Å². The Balaban J connectivity index is 1.55. The van der Waals surface area contributed by atoms with Crippen LogP contribution in [-0.2, 0) is 0 Å². The van der Waals surface area contributed by atoms with Crippen LogP contribution in [0.5, 0.6) is 5.75 Å². The Morgan fingerprint density at radius 2 is 1.83 bits per heavy atom. The van der Waals surface area contributed by atoms with Gasteiger partial charge in [0.15, 0.2) is 5.75 Å². The van der Waals surface area contributed by atoms with Gasteiger partial charge in [0.1, 0.15) is 0 Å². The Morgan fingerprint density at radius 1 is 1.14 bits per heavy atom. The number of nitrogens with one attached hydrogen (secondary N) is 2. The van der Waals surface area contributed by atoms with E-state index in [0.29, 0.717) is 31.6 Å². The van der Waals surface area contributed by atoms with E-state index < -0.39 is 4.92 Å². The minimum atomic E-state index is -0.572. The molecular weight excluding hydrogens is 376 g/mol. The van der Waals surface area contributed by atoms with Crippen molar-refractivity contribution < 1.29 is 19.2 Å². The summed E-state index contributed by atoms with van der Waals surface area (Å²) < 4.78 is 4.97. The molecule has 1 aliphatic rings. The summed E-state index contributed by atoms with van der Waals surface area (Å²) in [6.45, 7) is 0.907. The number of piperidine rings is 1. The smallest absolute Gasteiger partial charge is 0.319 e. The minimum Gasteiger partial charge on any atom is -0.490 e. The number of anilines is 1. The van der Waals surface area contributed by atoms with Crippen LogP contribution in [0, 0.1) is 10.1 Å². The summed E-state index contributed by atoms with van der Waals surface area (Å²) in [4.78, 5) is 37.0. The summed E-state index contributed by atoms with van der Waals surface area (Å²) in [7, 11) is 1.34. The second kappa shape index (κ2) is 9.05. The number of ether oxygens (including phenoxy) is 1. The third-order valence-electron chi connectivity index (χ3n) is 4.77. The first kappa shape index (κ1) is 20.1. The van der Waals surface area contributed by atoms with Gasteiger partial charge in [-0.15, -0.1) is 0 Å². The van der Waals surface area contributed by atoms with E-state index in [4.69, 9.17) is 4.74 Å². The summed E-state index contributed by atoms with van der Waals surface area (Å²) in [5.74, 6) is -0.165. The molecule has 0 saturated carbocycles. The van der Waals surface area contributed by atoms with Crippen molar-refractivity contribution in [2.24, 2.45) is 0 Å². The molecule has 0 atom stereocenters. The molecule has 2 N–H and O–H groups in total. The Morgan fingerprint density at radius 3 is 2.45 bits per heavy atom. The fourth-order valence-corrected chi connectivity index (χ4v) is 3.25. The number of rotatable bonds is 5. The summed E-state index contributed by atoms with van der Waals surface area (Å²) in [6.07, 6.45) is 1.21. The van der Waals surface area contributed by atoms with Crippen LogP contribution in [0.2, 0.25) is 0 Å². The Labute approximate surface area is 167 Å². The highest BCUT2D eigenvalue weighted by molar-refractivity contribution is 5.95. The molecule has 0 bridgehead atoms. The summed E-state index contributed by atoms with van der Waals surface area (Å²) in [5.41, 5.74) is 0.705. The fraction of sp³-hybridized carbons (Fsp3) is 0.300. The molecule has 3 amide bonds. The normalized spacial score (nSPS) is 14.2. The first-order valence-corrected chi connectivity index (χ1v) is 9.22. The number of hydrogen-bond acceptors (Lipinski definition) is 5. The van der Waals surface area contributed by atoms with Crippen LogP contribution >= 0.6 is 0 Å². The molecule has 0 aromatic heterocycles. The molecule has 29 heavy (non-hydrogen) atoms. The zero-order chi connectivity index (χ0) is 20.8. The van der Waals surface area contributed by atoms with Crippen molar-refractivity contribution in [1.29, 1.82) is 0 Å². The lowest BCUT2D eigenvalue weighted by Gasteiger charge is -2.32. The van der Waals surface area contributed by atoms with Gasteiger partial charge in [0.25, 0.3) is 5.91 Å². The highest BCUT2D eigenvalue weighted by Crippen LogP contribution is 2.28. The van der Waals surface area contributed by atoms with Crippen LogP contribution in [-0.4, -0.2) is 48.0 Å². The van der Waals surface area contributed by atoms with E-state index in [1.165, 1.54) is 25.3 Å². The van der Waals surface area contributed by atoms with E-state index in [1.54, 1.807) is 17.0 Å². The van der Waals surface area contributed by atoms with E-state index in [2.05, 4.69) is 10.6 Å². The van der Waals surface area contributed by atoms with Gasteiger partial charge in [-0.2, -0.15) is 0 Å². The third kappa shape index (κ3) is 5.01. The number of carbonyl (C=O) groups excluding carboxylic acids is 2. The van der Waals surface area contributed by atoms with Gasteiger partial charge in [-0.1, -0.05) is 18.2 Å². The predicted octanol–water partition coefficient (Wildman–Crippen LogP) is 3.03. The summed E-state index contributed by atoms with van der Waals surface area (Å²) in [5, 5.41) is 16.8. The second-order valence-corrected chi connectivity index (χ2v) is 6.67. The lowest BCUT2D eigenvalue weighted by atomic mass is 10.0. The topological polar surface area (TPSA) is 114 Å². The average Bonchev–Trinajstić information content (AvgIpc) is 2.74. The van der Waals surface area contributed by atoms with Crippen molar-refractivity contribution in [2.45, 2.75) is 18.9 Å². The Hall–Kier alpha value is -3.62. The number of likely N-dealkylation sites (tertiary alicyclic amines) is 1. The number of para-hydroxylation sites is 1. The summed E-state index contributed by atoms with van der Waals surface area (Å²) >= 11 is 0. The predicted molar refractivity (Wildman–Crippen MR) is 107 cm³/mol. The molecule has 1 aliphatic heterocycles. The van der Waals surface area contributed by atoms with Crippen LogP contribution in [0.25, 0.3) is 0 Å². The third-order valence-corrected chi connectivity index (χ3v) is 4.77. The number of urea groups is 1. The van der Waals surface area contributed by atoms with E-state index in [-0.39, 0.29) is 35.0 Å². The van der Waals surface area contributed by atoms with Crippen LogP contribution in [0.1, 0.15) is 23.2 Å². The number of amides is 3. The molecule has 1 heterocycles. The Kier molecular flexibility index (Phi) is 6.28. The van der Waals surface area contributed by atoms with E-state index in [0.717, 1.165) is 0 Å². The molecule has 1 fully saturated rings. The van der Waals surface area contributed by atoms with Gasteiger partial charge < -0.3 is 20.3 Å². The van der Waals surface area contributed by atoms with Crippen LogP contribution in [0.3, 0.4) is 0 Å². The monoisotopic (exact) mass is 398 g/mol. The molecule has 2 aromatic rings. The molecule has 152 valence electrons. The van der Waals surface area contributed by atoms with Gasteiger partial charge >= 0.3 is 11.7 Å². The van der Waals surface area contributed by atoms with E-state index in [9.17, 15) is 19.7 Å². The maximum Gasteiger partial charge on any atom is 0.319 e. The second-order valence-electron chi connectivity index (χ2n) is 6.67. The van der Waals surface area contributed by atoms with Gasteiger partial charge in [-0.3, -0.25) is 14.9 Å². The van der Waals surface area contributed by atoms with E-state index >= 15 is 0 Å². The van der Waals surface area contributed by atoms with Crippen LogP contribution in [0.4, 0.5) is 16.2 Å². The largest absolute Gasteiger partial charge is 0.490 e. The first-order valence-electron chi connectivity index (χ1n) is 9.22. The molecule has 1 saturated heterocycles. The number of nitro groups is 1. The zero-order valence-electron chi connectivity index (χ0n) is 16.0. The van der Waals surface area contributed by atoms with Crippen molar-refractivity contribution in [3.63, 3.8) is 0 Å². The first-order chi connectivity index (χ1) is 14.0. The van der Waals surface area contributed by atoms with Crippen molar-refractivity contribution in [3.8, 4) is 5.75 Å². The van der Waals surface area contributed by atoms with Crippen molar-refractivity contribution in [2.75, 3.05) is 25.5 Å². The molecule has 0 aliphatic carbocycles. The van der Waals surface area contributed by atoms with Gasteiger partial charge in [0.05, 0.1) is 12.0 Å². The maximum atomic E-state index is 12.7. The number of benzene rings is 2. The molecule has 9 heteroatoms. The number of hydrogen-bond donors (Lipinski definition) is 2. The van der Waals surface area contributed by atoms with Crippen molar-refractivity contribution in [1.82, 2.24) is 10.2 Å². The molecular formula is C20H22N4O5. The quantitative estimate of drug-likeness (QED) is 0.594. The number of nitrogens with zero attached hydrogens (tertiary/aromatic N) is 2. The SMILES string of the molecule is COc1ccc(C(=O)N2CCC(NC(=O)Nc3ccccc3)CC2)cc1[N+](=O)[O-]. The molecule has 0 unspecified atom stereocenters. The van der Waals surface area contributed by atoms with Crippen LogP contribution < -0.4 is 15.4 Å².